The van der Waals surface area contributed by atoms with Gasteiger partial charge in [-0.1, -0.05) is 0 Å². The normalized spacial score (nSPS) is 8.71. The van der Waals surface area contributed by atoms with Gasteiger partial charge in [-0.15, -0.1) is 61.2 Å². The lowest BCUT2D eigenvalue weighted by Gasteiger charge is -1.81. The molecule has 28 heteroatoms. The van der Waals surface area contributed by atoms with Crippen molar-refractivity contribution in [2.75, 3.05) is 0 Å². The van der Waals surface area contributed by atoms with Gasteiger partial charge in [0, 0.05) is 18.6 Å². The summed E-state index contributed by atoms with van der Waals surface area (Å²) in [5.41, 5.74) is 4.33. The Labute approximate surface area is 361 Å². The van der Waals surface area contributed by atoms with E-state index in [1.807, 2.05) is 48.5 Å². The maximum Gasteiger partial charge on any atom is 0.170 e. The molecule has 0 N–H and O–H groups in total. The molecular weight excluding hydrogens is 813 g/mol. The number of aromatic nitrogens is 28. The molecule has 0 saturated carbocycles. The van der Waals surface area contributed by atoms with Crippen molar-refractivity contribution < 1.29 is 0 Å². The zero-order chi connectivity index (χ0) is 46.0. The quantitative estimate of drug-likeness (QED) is 0.205. The second-order valence-electron chi connectivity index (χ2n) is 10.9. The van der Waals surface area contributed by atoms with E-state index >= 15 is 0 Å². The van der Waals surface area contributed by atoms with Crippen LogP contribution in [-0.4, -0.2) is 142 Å². The topological polar surface area (TPSA) is 361 Å². The summed E-state index contributed by atoms with van der Waals surface area (Å²) in [6.45, 7) is 16.5. The number of hydrogen-bond donors (Lipinski definition) is 0. The summed E-state index contributed by atoms with van der Waals surface area (Å²) in [6, 6.07) is 3.60. The minimum absolute atomic E-state index is 0.600. The van der Waals surface area contributed by atoms with Crippen LogP contribution in [0, 0.1) is 62.3 Å². The molecule has 63 heavy (non-hydrogen) atoms. The molecule has 324 valence electrons. The van der Waals surface area contributed by atoms with Crippen LogP contribution >= 0.6 is 0 Å². The summed E-state index contributed by atoms with van der Waals surface area (Å²) in [7, 11) is 0. The SMILES string of the molecule is Cc1ccnnn1.Cc1cncnn1.Cc1cnncn1.Cc1cnncn1.Cc1cnnnn1.Cc1ncccn1.Cc1nccnn1.Cc1ncncn1.Cc1nncnn1. The molecule has 0 aliphatic heterocycles. The Morgan fingerprint density at radius 1 is 0.270 bits per heavy atom. The van der Waals surface area contributed by atoms with Crippen LogP contribution in [0.4, 0.5) is 0 Å². The first kappa shape index (κ1) is 52.0. The van der Waals surface area contributed by atoms with Crippen molar-refractivity contribution in [2.45, 2.75) is 62.3 Å². The van der Waals surface area contributed by atoms with E-state index in [0.29, 0.717) is 11.6 Å². The first-order valence-electron chi connectivity index (χ1n) is 17.8. The van der Waals surface area contributed by atoms with E-state index < -0.39 is 0 Å². The molecule has 0 aliphatic carbocycles. The summed E-state index contributed by atoms with van der Waals surface area (Å²) < 4.78 is 0. The first-order chi connectivity index (χ1) is 30.5. The Bertz CT molecular complexity index is 1770. The third-order valence-corrected chi connectivity index (χ3v) is 5.44. The average molecular weight is 857 g/mol. The highest BCUT2D eigenvalue weighted by Gasteiger charge is 1.81. The zero-order valence-electron chi connectivity index (χ0n) is 35.8. The summed E-state index contributed by atoms with van der Waals surface area (Å²) in [4.78, 5) is 34.0. The van der Waals surface area contributed by atoms with Crippen molar-refractivity contribution in [3.8, 4) is 0 Å². The third-order valence-electron chi connectivity index (χ3n) is 5.44. The number of hydrogen-bond acceptors (Lipinski definition) is 28. The molecule has 9 aromatic heterocycles. The van der Waals surface area contributed by atoms with Gasteiger partial charge in [0.15, 0.2) is 12.2 Å². The Morgan fingerprint density at radius 2 is 0.825 bits per heavy atom. The van der Waals surface area contributed by atoms with Crippen molar-refractivity contribution in [3.05, 3.63) is 158 Å². The van der Waals surface area contributed by atoms with Crippen LogP contribution < -0.4 is 0 Å². The van der Waals surface area contributed by atoms with Gasteiger partial charge in [0.05, 0.1) is 65.7 Å². The van der Waals surface area contributed by atoms with Crippen LogP contribution in [0.5, 0.6) is 0 Å². The van der Waals surface area contributed by atoms with Crippen molar-refractivity contribution in [2.24, 2.45) is 0 Å². The van der Waals surface area contributed by atoms with Crippen molar-refractivity contribution in [1.29, 1.82) is 0 Å². The zero-order valence-corrected chi connectivity index (χ0v) is 35.8. The largest absolute Gasteiger partial charge is 0.242 e. The molecule has 0 fully saturated rings. The van der Waals surface area contributed by atoms with Gasteiger partial charge in [0.1, 0.15) is 49.1 Å². The molecule has 9 heterocycles. The third kappa shape index (κ3) is 34.8. The van der Waals surface area contributed by atoms with Gasteiger partial charge in [0.2, 0.25) is 0 Å². The van der Waals surface area contributed by atoms with E-state index in [0.717, 1.165) is 40.1 Å². The first-order valence-corrected chi connectivity index (χ1v) is 17.8. The molecule has 0 unspecified atom stereocenters. The second-order valence-corrected chi connectivity index (χ2v) is 10.9. The van der Waals surface area contributed by atoms with Crippen molar-refractivity contribution in [3.63, 3.8) is 0 Å². The fraction of sp³-hybridized carbons (Fsp3) is 0.257. The molecule has 0 amide bonds. The van der Waals surface area contributed by atoms with Gasteiger partial charge in [-0.25, -0.2) is 44.9 Å². The molecular formula is C35H44N28. The van der Waals surface area contributed by atoms with Crippen LogP contribution in [0.2, 0.25) is 0 Å². The van der Waals surface area contributed by atoms with Crippen LogP contribution in [0.15, 0.2) is 106 Å². The lowest BCUT2D eigenvalue weighted by atomic mass is 10.5. The minimum atomic E-state index is 0.600. The van der Waals surface area contributed by atoms with Gasteiger partial charge >= 0.3 is 0 Å². The molecule has 0 spiro atoms. The predicted octanol–water partition coefficient (Wildman–Crippen LogP) is 1.02. The fourth-order valence-corrected chi connectivity index (χ4v) is 2.70. The minimum Gasteiger partial charge on any atom is -0.242 e. The van der Waals surface area contributed by atoms with Gasteiger partial charge in [-0.2, -0.15) is 20.4 Å². The van der Waals surface area contributed by atoms with E-state index in [9.17, 15) is 0 Å². The van der Waals surface area contributed by atoms with Crippen molar-refractivity contribution in [1.82, 2.24) is 142 Å². The lowest BCUT2D eigenvalue weighted by molar-refractivity contribution is 0.742. The Hall–Kier alpha value is -8.98. The molecule has 0 radical (unpaired) electrons. The fourth-order valence-electron chi connectivity index (χ4n) is 2.70. The standard InChI is InChI=1S/C5H6N2.6C4H5N3.2C3H4N4/c1-5-6-3-2-4-7-5;1-4-6-2-5-3-7-4;2*1-4-2-6-7-3-5-4;1-4-2-5-3-6-7-4;1-4-5-2-3-6-7-4;1-4-2-3-5-7-6-4;1-3-6-4-2-5-7-3;1-3-2-4-6-7-5-3/h2-4H,1H3;6*2-3H,1H3;2*2H,1H3. The van der Waals surface area contributed by atoms with Gasteiger partial charge in [0.25, 0.3) is 0 Å². The van der Waals surface area contributed by atoms with Crippen LogP contribution in [0.25, 0.3) is 0 Å². The van der Waals surface area contributed by atoms with Crippen LogP contribution in [0.1, 0.15) is 51.8 Å². The van der Waals surface area contributed by atoms with Gasteiger partial charge in [-0.05, 0) is 90.1 Å². The molecule has 0 bridgehead atoms. The lowest BCUT2D eigenvalue weighted by Crippen LogP contribution is -1.90. The molecule has 0 saturated heterocycles. The molecule has 0 aliphatic rings. The molecule has 9 aromatic rings. The molecule has 0 aromatic carbocycles. The highest BCUT2D eigenvalue weighted by molar-refractivity contribution is 4.90. The molecule has 9 rings (SSSR count). The highest BCUT2D eigenvalue weighted by atomic mass is 15.4. The Kier molecular flexibility index (Phi) is 29.8. The van der Waals surface area contributed by atoms with E-state index in [1.54, 1.807) is 81.8 Å². The number of nitrogens with zero attached hydrogens (tertiary/aromatic N) is 28. The highest BCUT2D eigenvalue weighted by Crippen LogP contribution is 1.82. The summed E-state index contributed by atoms with van der Waals surface area (Å²) in [5, 5.41) is 66.5. The maximum absolute atomic E-state index is 3.87. The molecule has 0 atom stereocenters. The summed E-state index contributed by atoms with van der Waals surface area (Å²) >= 11 is 0. The van der Waals surface area contributed by atoms with Gasteiger partial charge in [-0.3, -0.25) is 0 Å². The second kappa shape index (κ2) is 36.1. The number of rotatable bonds is 0. The van der Waals surface area contributed by atoms with E-state index in [2.05, 4.69) is 142 Å². The summed E-state index contributed by atoms with van der Waals surface area (Å²) in [5.74, 6) is 2.89. The Balaban J connectivity index is 0.000000354. The smallest absolute Gasteiger partial charge is 0.170 e. The van der Waals surface area contributed by atoms with E-state index in [4.69, 9.17) is 0 Å². The van der Waals surface area contributed by atoms with Crippen LogP contribution in [-0.2, 0) is 0 Å². The van der Waals surface area contributed by atoms with Crippen LogP contribution in [0.3, 0.4) is 0 Å². The van der Waals surface area contributed by atoms with E-state index in [1.165, 1.54) is 38.0 Å². The Morgan fingerprint density at radius 3 is 1.08 bits per heavy atom. The van der Waals surface area contributed by atoms with E-state index in [-0.39, 0.29) is 0 Å². The predicted molar refractivity (Wildman–Crippen MR) is 219 cm³/mol. The maximum atomic E-state index is 3.87. The monoisotopic (exact) mass is 856 g/mol. The summed E-state index contributed by atoms with van der Waals surface area (Å²) in [6.07, 6.45) is 23.2. The van der Waals surface area contributed by atoms with Gasteiger partial charge < -0.3 is 0 Å². The molecule has 28 nitrogen and oxygen atoms in total. The average Bonchev–Trinajstić information content (AvgIpc) is 3.31. The number of aryl methyl sites for hydroxylation is 9. The van der Waals surface area contributed by atoms with Crippen molar-refractivity contribution >= 4 is 0 Å².